The summed E-state index contributed by atoms with van der Waals surface area (Å²) in [5, 5.41) is 0. The molecule has 0 N–H and O–H groups in total. The lowest BCUT2D eigenvalue weighted by molar-refractivity contribution is -0.148. The van der Waals surface area contributed by atoms with E-state index < -0.39 is 15.8 Å². The third-order valence-corrected chi connectivity index (χ3v) is 6.39. The smallest absolute Gasteiger partial charge is 0.306 e. The number of amides is 1. The van der Waals surface area contributed by atoms with Gasteiger partial charge in [0.25, 0.3) is 5.91 Å². The number of sulfone groups is 1. The summed E-state index contributed by atoms with van der Waals surface area (Å²) in [7, 11) is -3.01. The summed E-state index contributed by atoms with van der Waals surface area (Å²) in [5.41, 5.74) is 2.01. The molecule has 2 aliphatic heterocycles. The summed E-state index contributed by atoms with van der Waals surface area (Å²) in [6, 6.07) is 7.73. The average molecular weight is 351 g/mol. The summed E-state index contributed by atoms with van der Waals surface area (Å²) in [4.78, 5) is 25.9. The molecule has 1 atom stereocenters. The third-order valence-electron chi connectivity index (χ3n) is 4.55. The molecule has 3 rings (SSSR count). The van der Waals surface area contributed by atoms with Crippen molar-refractivity contribution in [2.75, 3.05) is 29.6 Å². The molecule has 6 nitrogen and oxygen atoms in total. The summed E-state index contributed by atoms with van der Waals surface area (Å²) in [6.07, 6.45) is 2.38. The number of hydrogen-bond donors (Lipinski definition) is 0. The largest absolute Gasteiger partial charge is 0.456 e. The Morgan fingerprint density at radius 1 is 1.25 bits per heavy atom. The maximum absolute atomic E-state index is 12.4. The zero-order chi connectivity index (χ0) is 17.2. The van der Waals surface area contributed by atoms with Gasteiger partial charge in [0.15, 0.2) is 16.4 Å². The highest BCUT2D eigenvalue weighted by atomic mass is 32.2. The van der Waals surface area contributed by atoms with Crippen LogP contribution in [0.2, 0.25) is 0 Å². The lowest BCUT2D eigenvalue weighted by atomic mass is 10.0. The highest BCUT2D eigenvalue weighted by Crippen LogP contribution is 2.27. The molecule has 0 unspecified atom stereocenters. The summed E-state index contributed by atoms with van der Waals surface area (Å²) >= 11 is 0. The minimum absolute atomic E-state index is 0.0372. The fraction of sp³-hybridized carbons (Fsp3) is 0.529. The lowest BCUT2D eigenvalue weighted by Crippen LogP contribution is -2.38. The predicted octanol–water partition coefficient (Wildman–Crippen LogP) is 1.33. The minimum atomic E-state index is -3.01. The Labute approximate surface area is 141 Å². The normalized spacial score (nSPS) is 22.0. The van der Waals surface area contributed by atoms with E-state index in [-0.39, 0.29) is 36.4 Å². The van der Waals surface area contributed by atoms with Gasteiger partial charge in [-0.05, 0) is 36.8 Å². The fourth-order valence-corrected chi connectivity index (χ4v) is 5.20. The molecule has 0 aliphatic carbocycles. The summed E-state index contributed by atoms with van der Waals surface area (Å²) in [5.74, 6) is -0.761. The Morgan fingerprint density at radius 2 is 2.04 bits per heavy atom. The maximum Gasteiger partial charge on any atom is 0.306 e. The zero-order valence-electron chi connectivity index (χ0n) is 13.4. The SMILES string of the molecule is O=C(C[C@@H]1CCS(=O)(=O)C1)OCC(=O)N1CCCc2ccccc21. The minimum Gasteiger partial charge on any atom is -0.456 e. The monoisotopic (exact) mass is 351 g/mol. The van der Waals surface area contributed by atoms with Crippen molar-refractivity contribution in [2.45, 2.75) is 25.7 Å². The number of para-hydroxylation sites is 1. The van der Waals surface area contributed by atoms with Gasteiger partial charge in [-0.15, -0.1) is 0 Å². The van der Waals surface area contributed by atoms with E-state index >= 15 is 0 Å². The van der Waals surface area contributed by atoms with E-state index in [9.17, 15) is 18.0 Å². The molecular formula is C17H21NO5S. The van der Waals surface area contributed by atoms with Crippen molar-refractivity contribution in [3.8, 4) is 0 Å². The van der Waals surface area contributed by atoms with Crippen molar-refractivity contribution >= 4 is 27.4 Å². The number of aryl methyl sites for hydroxylation is 1. The number of benzene rings is 1. The molecule has 7 heteroatoms. The Bertz CT molecular complexity index is 743. The van der Waals surface area contributed by atoms with Crippen LogP contribution in [-0.2, 0) is 30.6 Å². The van der Waals surface area contributed by atoms with E-state index in [0.717, 1.165) is 24.1 Å². The molecule has 130 valence electrons. The van der Waals surface area contributed by atoms with Gasteiger partial charge in [0.1, 0.15) is 0 Å². The number of carbonyl (C=O) groups excluding carboxylic acids is 2. The van der Waals surface area contributed by atoms with Crippen LogP contribution in [0.1, 0.15) is 24.8 Å². The average Bonchev–Trinajstić information content (AvgIpc) is 2.90. The molecule has 2 aliphatic rings. The molecule has 1 aromatic rings. The van der Waals surface area contributed by atoms with Crippen LogP contribution in [0, 0.1) is 5.92 Å². The van der Waals surface area contributed by atoms with Gasteiger partial charge in [0.05, 0.1) is 11.5 Å². The highest BCUT2D eigenvalue weighted by molar-refractivity contribution is 7.91. The summed E-state index contributed by atoms with van der Waals surface area (Å²) in [6.45, 7) is 0.320. The topological polar surface area (TPSA) is 80.7 Å². The van der Waals surface area contributed by atoms with Crippen LogP contribution in [0.15, 0.2) is 24.3 Å². The van der Waals surface area contributed by atoms with Gasteiger partial charge in [-0.1, -0.05) is 18.2 Å². The lowest BCUT2D eigenvalue weighted by Gasteiger charge is -2.29. The maximum atomic E-state index is 12.4. The molecule has 0 aromatic heterocycles. The molecule has 0 spiro atoms. The van der Waals surface area contributed by atoms with Crippen LogP contribution < -0.4 is 4.90 Å². The van der Waals surface area contributed by atoms with Crippen LogP contribution in [0.3, 0.4) is 0 Å². The van der Waals surface area contributed by atoms with Crippen LogP contribution >= 0.6 is 0 Å². The number of nitrogens with zero attached hydrogens (tertiary/aromatic N) is 1. The number of esters is 1. The molecule has 24 heavy (non-hydrogen) atoms. The number of ether oxygens (including phenoxy) is 1. The molecule has 0 radical (unpaired) electrons. The highest BCUT2D eigenvalue weighted by Gasteiger charge is 2.30. The van der Waals surface area contributed by atoms with Crippen LogP contribution in [0.4, 0.5) is 5.69 Å². The molecule has 0 saturated carbocycles. The second-order valence-corrected chi connectivity index (χ2v) is 8.64. The first-order chi connectivity index (χ1) is 11.4. The summed E-state index contributed by atoms with van der Waals surface area (Å²) < 4.78 is 27.9. The van der Waals surface area contributed by atoms with Gasteiger partial charge >= 0.3 is 5.97 Å². The van der Waals surface area contributed by atoms with E-state index in [2.05, 4.69) is 0 Å². The van der Waals surface area contributed by atoms with Crippen LogP contribution in [-0.4, -0.2) is 45.0 Å². The molecule has 2 heterocycles. The van der Waals surface area contributed by atoms with Crippen LogP contribution in [0.5, 0.6) is 0 Å². The van der Waals surface area contributed by atoms with Crippen LogP contribution in [0.25, 0.3) is 0 Å². The van der Waals surface area contributed by atoms with E-state index in [1.807, 2.05) is 24.3 Å². The van der Waals surface area contributed by atoms with E-state index in [0.29, 0.717) is 13.0 Å². The molecular weight excluding hydrogens is 330 g/mol. The number of hydrogen-bond acceptors (Lipinski definition) is 5. The molecule has 1 amide bonds. The number of fused-ring (bicyclic) bond motifs is 1. The second-order valence-electron chi connectivity index (χ2n) is 6.41. The first kappa shape index (κ1) is 17.0. The Hall–Kier alpha value is -1.89. The van der Waals surface area contributed by atoms with Crippen molar-refractivity contribution in [3.05, 3.63) is 29.8 Å². The fourth-order valence-electron chi connectivity index (χ4n) is 3.34. The van der Waals surface area contributed by atoms with E-state index in [4.69, 9.17) is 4.74 Å². The van der Waals surface area contributed by atoms with Crippen molar-refractivity contribution in [1.29, 1.82) is 0 Å². The standard InChI is InChI=1S/C17H21NO5S/c19-16(18-8-3-5-14-4-1-2-6-15(14)18)11-23-17(20)10-13-7-9-24(21,22)12-13/h1-2,4,6,13H,3,5,7-12H2/t13-/m0/s1. The second kappa shape index (κ2) is 6.93. The van der Waals surface area contributed by atoms with Gasteiger partial charge in [-0.3, -0.25) is 9.59 Å². The number of carbonyl (C=O) groups is 2. The number of anilines is 1. The molecule has 1 aromatic carbocycles. The van der Waals surface area contributed by atoms with Crippen molar-refractivity contribution in [3.63, 3.8) is 0 Å². The van der Waals surface area contributed by atoms with E-state index in [1.165, 1.54) is 0 Å². The van der Waals surface area contributed by atoms with Gasteiger partial charge in [-0.2, -0.15) is 0 Å². The van der Waals surface area contributed by atoms with Crippen molar-refractivity contribution < 1.29 is 22.7 Å². The van der Waals surface area contributed by atoms with Crippen molar-refractivity contribution in [1.82, 2.24) is 0 Å². The van der Waals surface area contributed by atoms with Gasteiger partial charge in [0.2, 0.25) is 0 Å². The quantitative estimate of drug-likeness (QED) is 0.765. The third kappa shape index (κ3) is 3.95. The molecule has 0 bridgehead atoms. The first-order valence-electron chi connectivity index (χ1n) is 8.19. The zero-order valence-corrected chi connectivity index (χ0v) is 14.3. The predicted molar refractivity (Wildman–Crippen MR) is 89.5 cm³/mol. The first-order valence-corrected chi connectivity index (χ1v) is 10.0. The Kier molecular flexibility index (Phi) is 4.89. The Balaban J connectivity index is 1.52. The van der Waals surface area contributed by atoms with E-state index in [1.54, 1.807) is 4.90 Å². The molecule has 1 saturated heterocycles. The number of rotatable bonds is 4. The molecule has 1 fully saturated rings. The van der Waals surface area contributed by atoms with Gasteiger partial charge in [0, 0.05) is 18.7 Å². The van der Waals surface area contributed by atoms with Gasteiger partial charge in [-0.25, -0.2) is 8.42 Å². The Morgan fingerprint density at radius 3 is 2.79 bits per heavy atom. The van der Waals surface area contributed by atoms with Gasteiger partial charge < -0.3 is 9.64 Å². The van der Waals surface area contributed by atoms with Crippen molar-refractivity contribution in [2.24, 2.45) is 5.92 Å².